The average molecular weight is 566 g/mol. The topological polar surface area (TPSA) is 173 Å². The molecule has 1 heterocycles. The van der Waals surface area contributed by atoms with Crippen molar-refractivity contribution in [2.24, 2.45) is 10.2 Å². The van der Waals surface area contributed by atoms with Crippen molar-refractivity contribution in [2.45, 2.75) is 0 Å². The summed E-state index contributed by atoms with van der Waals surface area (Å²) in [5.74, 6) is 0.577. The van der Waals surface area contributed by atoms with Gasteiger partial charge in [-0.05, 0) is 36.4 Å². The molecule has 0 aliphatic heterocycles. The number of hydrazone groups is 2. The van der Waals surface area contributed by atoms with Gasteiger partial charge in [0.25, 0.3) is 11.4 Å². The summed E-state index contributed by atoms with van der Waals surface area (Å²) in [6.07, 6.45) is 2.45. The summed E-state index contributed by atoms with van der Waals surface area (Å²) in [4.78, 5) is 30.1. The van der Waals surface area contributed by atoms with Gasteiger partial charge in [0, 0.05) is 33.9 Å². The molecule has 0 aliphatic rings. The first-order valence-corrected chi connectivity index (χ1v) is 11.7. The first kappa shape index (κ1) is 26.9. The van der Waals surface area contributed by atoms with Crippen LogP contribution in [0.2, 0.25) is 10.0 Å². The number of aromatic nitrogens is 2. The monoisotopic (exact) mass is 565 g/mol. The summed E-state index contributed by atoms with van der Waals surface area (Å²) < 4.78 is 0. The van der Waals surface area contributed by atoms with Gasteiger partial charge in [-0.25, -0.2) is 5.43 Å². The molecule has 3 aromatic carbocycles. The van der Waals surface area contributed by atoms with Crippen LogP contribution in [0.15, 0.2) is 83.0 Å². The third-order valence-corrected chi connectivity index (χ3v) is 5.37. The number of para-hydroxylation sites is 1. The molecule has 0 unspecified atom stereocenters. The van der Waals surface area contributed by atoms with Crippen molar-refractivity contribution < 1.29 is 9.85 Å². The van der Waals surface area contributed by atoms with Gasteiger partial charge < -0.3 is 5.32 Å². The van der Waals surface area contributed by atoms with Crippen molar-refractivity contribution in [1.29, 1.82) is 0 Å². The van der Waals surface area contributed by atoms with Gasteiger partial charge in [0.05, 0.1) is 33.4 Å². The number of nitrogens with zero attached hydrogens (tertiary/aromatic N) is 6. The van der Waals surface area contributed by atoms with Crippen LogP contribution in [0.3, 0.4) is 0 Å². The molecule has 1 aromatic heterocycles. The highest BCUT2D eigenvalue weighted by Crippen LogP contribution is 2.23. The SMILES string of the molecule is O=[N+]([O-])c1ccc(Cl)cc1C=NNc1cc(Nc2ccccc2)nc(NN=Cc2cc(Cl)ccc2[N+](=O)[O-])n1. The van der Waals surface area contributed by atoms with E-state index in [1.54, 1.807) is 6.07 Å². The van der Waals surface area contributed by atoms with Crippen molar-refractivity contribution in [3.8, 4) is 0 Å². The van der Waals surface area contributed by atoms with Crippen LogP contribution in [0.1, 0.15) is 11.1 Å². The molecular formula is C24H17Cl2N9O4. The van der Waals surface area contributed by atoms with Crippen molar-refractivity contribution in [2.75, 3.05) is 16.2 Å². The van der Waals surface area contributed by atoms with Crippen LogP contribution < -0.4 is 16.2 Å². The van der Waals surface area contributed by atoms with Gasteiger partial charge in [0.2, 0.25) is 5.95 Å². The van der Waals surface area contributed by atoms with Gasteiger partial charge in [-0.3, -0.25) is 25.7 Å². The maximum absolute atomic E-state index is 11.3. The second-order valence-corrected chi connectivity index (χ2v) is 8.49. The number of nitro groups is 2. The summed E-state index contributed by atoms with van der Waals surface area (Å²) >= 11 is 11.9. The zero-order valence-electron chi connectivity index (χ0n) is 19.7. The molecule has 0 aliphatic carbocycles. The van der Waals surface area contributed by atoms with E-state index in [1.807, 2.05) is 30.3 Å². The van der Waals surface area contributed by atoms with E-state index < -0.39 is 9.85 Å². The van der Waals surface area contributed by atoms with Gasteiger partial charge in [0.1, 0.15) is 5.82 Å². The molecule has 13 nitrogen and oxygen atoms in total. The molecule has 0 atom stereocenters. The summed E-state index contributed by atoms with van der Waals surface area (Å²) in [7, 11) is 0. The Morgan fingerprint density at radius 3 is 1.82 bits per heavy atom. The Bertz CT molecular complexity index is 1490. The number of halogens is 2. The number of nitrogens with one attached hydrogen (secondary N) is 3. The molecule has 0 spiro atoms. The zero-order chi connectivity index (χ0) is 27.8. The summed E-state index contributed by atoms with van der Waals surface area (Å²) in [6.45, 7) is 0. The fourth-order valence-corrected chi connectivity index (χ4v) is 3.57. The Hall–Kier alpha value is -5.14. The lowest BCUT2D eigenvalue weighted by molar-refractivity contribution is -0.385. The molecule has 0 radical (unpaired) electrons. The molecule has 0 amide bonds. The highest BCUT2D eigenvalue weighted by atomic mass is 35.5. The van der Waals surface area contributed by atoms with Gasteiger partial charge in [0.15, 0.2) is 5.82 Å². The molecule has 0 saturated heterocycles. The minimum Gasteiger partial charge on any atom is -0.340 e. The van der Waals surface area contributed by atoms with Crippen molar-refractivity contribution >= 4 is 70.3 Å². The molecule has 0 fully saturated rings. The van der Waals surface area contributed by atoms with E-state index in [2.05, 4.69) is 36.3 Å². The third-order valence-electron chi connectivity index (χ3n) is 4.90. The first-order chi connectivity index (χ1) is 18.8. The molecule has 196 valence electrons. The van der Waals surface area contributed by atoms with Crippen LogP contribution in [0.4, 0.5) is 34.6 Å². The number of hydrogen-bond donors (Lipinski definition) is 3. The number of hydrogen-bond acceptors (Lipinski definition) is 11. The lowest BCUT2D eigenvalue weighted by Crippen LogP contribution is -2.04. The Kier molecular flexibility index (Phi) is 8.56. The largest absolute Gasteiger partial charge is 0.340 e. The van der Waals surface area contributed by atoms with E-state index in [1.165, 1.54) is 48.8 Å². The maximum Gasteiger partial charge on any atom is 0.278 e. The smallest absolute Gasteiger partial charge is 0.278 e. The van der Waals surface area contributed by atoms with Crippen LogP contribution in [0.25, 0.3) is 0 Å². The van der Waals surface area contributed by atoms with Crippen molar-refractivity contribution in [3.63, 3.8) is 0 Å². The van der Waals surface area contributed by atoms with Crippen molar-refractivity contribution in [3.05, 3.63) is 114 Å². The molecular weight excluding hydrogens is 549 g/mol. The minimum absolute atomic E-state index is 0.0169. The lowest BCUT2D eigenvalue weighted by Gasteiger charge is -2.09. The predicted molar refractivity (Wildman–Crippen MR) is 150 cm³/mol. The average Bonchev–Trinajstić information content (AvgIpc) is 2.89. The van der Waals surface area contributed by atoms with Crippen LogP contribution in [0.5, 0.6) is 0 Å². The number of nitro benzene ring substituents is 2. The van der Waals surface area contributed by atoms with Gasteiger partial charge in [-0.1, -0.05) is 41.4 Å². The van der Waals surface area contributed by atoms with Gasteiger partial charge in [-0.2, -0.15) is 20.2 Å². The van der Waals surface area contributed by atoms with E-state index >= 15 is 0 Å². The second kappa shape index (κ2) is 12.4. The van der Waals surface area contributed by atoms with Crippen LogP contribution >= 0.6 is 23.2 Å². The molecule has 39 heavy (non-hydrogen) atoms. The maximum atomic E-state index is 11.3. The number of anilines is 4. The van der Waals surface area contributed by atoms with Gasteiger partial charge in [-0.15, -0.1) is 0 Å². The Morgan fingerprint density at radius 1 is 0.718 bits per heavy atom. The number of rotatable bonds is 10. The first-order valence-electron chi connectivity index (χ1n) is 11.0. The van der Waals surface area contributed by atoms with Crippen LogP contribution in [-0.4, -0.2) is 32.2 Å². The van der Waals surface area contributed by atoms with Crippen LogP contribution in [-0.2, 0) is 0 Å². The summed E-state index contributed by atoms with van der Waals surface area (Å²) in [5, 5.41) is 34.4. The zero-order valence-corrected chi connectivity index (χ0v) is 21.2. The van der Waals surface area contributed by atoms with E-state index in [0.717, 1.165) is 5.69 Å². The molecule has 4 rings (SSSR count). The molecule has 0 saturated carbocycles. The quantitative estimate of drug-likeness (QED) is 0.114. The van der Waals surface area contributed by atoms with Crippen LogP contribution in [0, 0.1) is 20.2 Å². The fourth-order valence-electron chi connectivity index (χ4n) is 3.21. The Balaban J connectivity index is 1.60. The van der Waals surface area contributed by atoms with E-state index in [9.17, 15) is 20.2 Å². The van der Waals surface area contributed by atoms with Gasteiger partial charge >= 0.3 is 0 Å². The third kappa shape index (κ3) is 7.44. The number of benzene rings is 3. The molecule has 0 bridgehead atoms. The standard InChI is InChI=1S/C24H17Cl2N9O4/c25-17-6-8-20(34(36)37)15(10-17)13-27-32-23-12-22(29-19-4-2-1-3-5-19)30-24(31-23)33-28-14-16-11-18(26)7-9-21(16)35(38)39/h1-14H,(H3,29,30,31,32,33). The predicted octanol–water partition coefficient (Wildman–Crippen LogP) is 6.24. The Morgan fingerprint density at radius 2 is 1.26 bits per heavy atom. The molecule has 15 heteroatoms. The summed E-state index contributed by atoms with van der Waals surface area (Å²) in [5.41, 5.74) is 6.06. The lowest BCUT2D eigenvalue weighted by atomic mass is 10.2. The van der Waals surface area contributed by atoms with E-state index in [-0.39, 0.29) is 34.3 Å². The molecule has 4 aromatic rings. The summed E-state index contributed by atoms with van der Waals surface area (Å²) in [6, 6.07) is 18.9. The van der Waals surface area contributed by atoms with E-state index in [4.69, 9.17) is 23.2 Å². The van der Waals surface area contributed by atoms with Crippen molar-refractivity contribution in [1.82, 2.24) is 9.97 Å². The molecule has 3 N–H and O–H groups in total. The highest BCUT2D eigenvalue weighted by Gasteiger charge is 2.13. The minimum atomic E-state index is -0.553. The Labute approximate surface area is 230 Å². The fraction of sp³-hybridized carbons (Fsp3) is 0. The normalized spacial score (nSPS) is 11.0. The highest BCUT2D eigenvalue weighted by molar-refractivity contribution is 6.31. The van der Waals surface area contributed by atoms with E-state index in [0.29, 0.717) is 15.9 Å². The second-order valence-electron chi connectivity index (χ2n) is 7.61.